The third kappa shape index (κ3) is 3.16. The molecule has 0 aliphatic carbocycles. The van der Waals surface area contributed by atoms with E-state index in [-0.39, 0.29) is 11.3 Å². The van der Waals surface area contributed by atoms with E-state index < -0.39 is 5.82 Å². The van der Waals surface area contributed by atoms with Crippen LogP contribution < -0.4 is 10.6 Å². The Morgan fingerprint density at radius 3 is 2.60 bits per heavy atom. The van der Waals surface area contributed by atoms with Gasteiger partial charge in [-0.15, -0.1) is 0 Å². The van der Waals surface area contributed by atoms with E-state index in [2.05, 4.69) is 20.6 Å². The van der Waals surface area contributed by atoms with Crippen molar-refractivity contribution in [1.29, 1.82) is 5.26 Å². The molecule has 0 saturated carbocycles. The van der Waals surface area contributed by atoms with E-state index in [0.29, 0.717) is 16.8 Å². The average Bonchev–Trinajstić information content (AvgIpc) is 2.48. The number of benzene rings is 1. The summed E-state index contributed by atoms with van der Waals surface area (Å²) < 4.78 is 13.8. The number of anilines is 3. The van der Waals surface area contributed by atoms with Crippen LogP contribution in [0.2, 0.25) is 0 Å². The molecular weight excluding hydrogens is 277 g/mol. The topological polar surface area (TPSA) is 73.6 Å². The quantitative estimate of drug-likeness (QED) is 0.666. The van der Waals surface area contributed by atoms with E-state index in [1.165, 1.54) is 23.9 Å². The molecule has 7 heteroatoms. The van der Waals surface area contributed by atoms with Gasteiger partial charge in [-0.2, -0.15) is 5.26 Å². The predicted octanol–water partition coefficient (Wildman–Crippen LogP) is 2.99. The first-order chi connectivity index (χ1) is 9.66. The third-order valence-corrected chi connectivity index (χ3v) is 3.05. The largest absolute Gasteiger partial charge is 0.373 e. The van der Waals surface area contributed by atoms with Crippen LogP contribution in [-0.2, 0) is 0 Å². The summed E-state index contributed by atoms with van der Waals surface area (Å²) in [7, 11) is 1.75. The lowest BCUT2D eigenvalue weighted by Crippen LogP contribution is -2.01. The second kappa shape index (κ2) is 6.21. The molecule has 20 heavy (non-hydrogen) atoms. The maximum atomic E-state index is 13.8. The number of thioether (sulfide) groups is 1. The first-order valence-corrected chi connectivity index (χ1v) is 6.96. The van der Waals surface area contributed by atoms with Gasteiger partial charge in [-0.3, -0.25) is 0 Å². The molecule has 0 radical (unpaired) electrons. The molecule has 0 aliphatic rings. The fourth-order valence-electron chi connectivity index (χ4n) is 1.53. The third-order valence-electron chi connectivity index (χ3n) is 2.51. The summed E-state index contributed by atoms with van der Waals surface area (Å²) in [6.07, 6.45) is 1.86. The Balaban J connectivity index is 2.32. The lowest BCUT2D eigenvalue weighted by atomic mass is 10.2. The Hall–Kier alpha value is -2.33. The highest BCUT2D eigenvalue weighted by molar-refractivity contribution is 7.98. The average molecular weight is 289 g/mol. The molecule has 2 rings (SSSR count). The van der Waals surface area contributed by atoms with Gasteiger partial charge in [0.25, 0.3) is 0 Å². The minimum Gasteiger partial charge on any atom is -0.373 e. The van der Waals surface area contributed by atoms with Gasteiger partial charge in [0.1, 0.15) is 17.5 Å². The van der Waals surface area contributed by atoms with Crippen molar-refractivity contribution in [2.45, 2.75) is 5.16 Å². The predicted molar refractivity (Wildman–Crippen MR) is 77.8 cm³/mol. The number of nitriles is 1. The highest BCUT2D eigenvalue weighted by Crippen LogP contribution is 2.23. The van der Waals surface area contributed by atoms with E-state index in [1.54, 1.807) is 19.2 Å². The Labute approximate surface area is 120 Å². The molecule has 1 heterocycles. The van der Waals surface area contributed by atoms with Gasteiger partial charge in [-0.05, 0) is 24.5 Å². The zero-order valence-electron chi connectivity index (χ0n) is 10.9. The summed E-state index contributed by atoms with van der Waals surface area (Å²) in [5, 5.41) is 15.1. The van der Waals surface area contributed by atoms with Gasteiger partial charge in [0.15, 0.2) is 5.16 Å². The van der Waals surface area contributed by atoms with Crippen molar-refractivity contribution in [1.82, 2.24) is 9.97 Å². The highest BCUT2D eigenvalue weighted by atomic mass is 32.2. The number of nitrogens with zero attached hydrogens (tertiary/aromatic N) is 3. The molecule has 0 aliphatic heterocycles. The van der Waals surface area contributed by atoms with Gasteiger partial charge in [0.05, 0.1) is 17.3 Å². The molecule has 0 atom stereocenters. The molecule has 2 aromatic rings. The van der Waals surface area contributed by atoms with Crippen LogP contribution in [0.3, 0.4) is 0 Å². The van der Waals surface area contributed by atoms with Crippen molar-refractivity contribution >= 4 is 29.1 Å². The summed E-state index contributed by atoms with van der Waals surface area (Å²) in [5.74, 6) is 0.623. The smallest absolute Gasteiger partial charge is 0.191 e. The monoisotopic (exact) mass is 289 g/mol. The van der Waals surface area contributed by atoms with Crippen LogP contribution in [0.4, 0.5) is 21.7 Å². The van der Waals surface area contributed by atoms with Gasteiger partial charge in [-0.25, -0.2) is 14.4 Å². The molecule has 1 aromatic carbocycles. The van der Waals surface area contributed by atoms with Crippen molar-refractivity contribution in [3.8, 4) is 6.07 Å². The van der Waals surface area contributed by atoms with Crippen molar-refractivity contribution in [3.63, 3.8) is 0 Å². The molecule has 0 fully saturated rings. The summed E-state index contributed by atoms with van der Waals surface area (Å²) in [6, 6.07) is 7.80. The lowest BCUT2D eigenvalue weighted by Gasteiger charge is -2.09. The zero-order chi connectivity index (χ0) is 14.5. The number of aromatic nitrogens is 2. The summed E-state index contributed by atoms with van der Waals surface area (Å²) in [5.41, 5.74) is 0.535. The first kappa shape index (κ1) is 14.1. The molecule has 1 aromatic heterocycles. The van der Waals surface area contributed by atoms with E-state index in [4.69, 9.17) is 5.26 Å². The maximum absolute atomic E-state index is 13.8. The van der Waals surface area contributed by atoms with Crippen LogP contribution in [0.1, 0.15) is 5.56 Å². The number of rotatable bonds is 4. The summed E-state index contributed by atoms with van der Waals surface area (Å²) >= 11 is 1.39. The number of hydrogen-bond donors (Lipinski definition) is 2. The Morgan fingerprint density at radius 1 is 1.25 bits per heavy atom. The normalized spacial score (nSPS) is 9.90. The number of hydrogen-bond acceptors (Lipinski definition) is 6. The standard InChI is InChI=1S/C13H12FN5S/c1-16-11-6-12(19-13(18-11)20-2)17-10-4-3-8(7-15)5-9(10)14/h3-6H,1-2H3,(H2,16,17,18,19). The van der Waals surface area contributed by atoms with E-state index in [1.807, 2.05) is 12.3 Å². The summed E-state index contributed by atoms with van der Waals surface area (Å²) in [4.78, 5) is 8.47. The van der Waals surface area contributed by atoms with Crippen molar-refractivity contribution in [2.24, 2.45) is 0 Å². The summed E-state index contributed by atoms with van der Waals surface area (Å²) in [6.45, 7) is 0. The highest BCUT2D eigenvalue weighted by Gasteiger charge is 2.07. The van der Waals surface area contributed by atoms with Crippen molar-refractivity contribution in [2.75, 3.05) is 23.9 Å². The minimum absolute atomic E-state index is 0.261. The van der Waals surface area contributed by atoms with Crippen LogP contribution in [0, 0.1) is 17.1 Å². The van der Waals surface area contributed by atoms with Crippen molar-refractivity contribution in [3.05, 3.63) is 35.6 Å². The Kier molecular flexibility index (Phi) is 4.38. The second-order valence-corrected chi connectivity index (χ2v) is 4.58. The minimum atomic E-state index is -0.501. The van der Waals surface area contributed by atoms with Crippen LogP contribution in [-0.4, -0.2) is 23.3 Å². The maximum Gasteiger partial charge on any atom is 0.191 e. The molecule has 2 N–H and O–H groups in total. The van der Waals surface area contributed by atoms with Gasteiger partial charge < -0.3 is 10.6 Å². The Bertz CT molecular complexity index is 646. The van der Waals surface area contributed by atoms with Gasteiger partial charge in [0, 0.05) is 13.1 Å². The van der Waals surface area contributed by atoms with Crippen LogP contribution in [0.25, 0.3) is 0 Å². The van der Waals surface area contributed by atoms with Crippen LogP contribution in [0.5, 0.6) is 0 Å². The van der Waals surface area contributed by atoms with E-state index >= 15 is 0 Å². The van der Waals surface area contributed by atoms with Gasteiger partial charge >= 0.3 is 0 Å². The lowest BCUT2D eigenvalue weighted by molar-refractivity contribution is 0.631. The van der Waals surface area contributed by atoms with Crippen LogP contribution >= 0.6 is 11.8 Å². The molecule has 0 spiro atoms. The van der Waals surface area contributed by atoms with Gasteiger partial charge in [-0.1, -0.05) is 11.8 Å². The second-order valence-electron chi connectivity index (χ2n) is 3.81. The molecule has 0 saturated heterocycles. The molecule has 102 valence electrons. The first-order valence-electron chi connectivity index (χ1n) is 5.73. The molecular formula is C13H12FN5S. The van der Waals surface area contributed by atoms with E-state index in [0.717, 1.165) is 0 Å². The fourth-order valence-corrected chi connectivity index (χ4v) is 1.91. The number of nitrogens with one attached hydrogen (secondary N) is 2. The zero-order valence-corrected chi connectivity index (χ0v) is 11.8. The van der Waals surface area contributed by atoms with Gasteiger partial charge in [0.2, 0.25) is 0 Å². The number of halogens is 1. The molecule has 0 bridgehead atoms. The van der Waals surface area contributed by atoms with Crippen molar-refractivity contribution < 1.29 is 4.39 Å². The molecule has 0 unspecified atom stereocenters. The van der Waals surface area contributed by atoms with E-state index in [9.17, 15) is 4.39 Å². The SMILES string of the molecule is CNc1cc(Nc2ccc(C#N)cc2F)nc(SC)n1. The Morgan fingerprint density at radius 2 is 2.00 bits per heavy atom. The fraction of sp³-hybridized carbons (Fsp3) is 0.154. The molecule has 5 nitrogen and oxygen atoms in total. The molecule has 0 amide bonds. The van der Waals surface area contributed by atoms with Crippen LogP contribution in [0.15, 0.2) is 29.4 Å².